The molecule has 0 fully saturated rings. The molecule has 0 radical (unpaired) electrons. The highest BCUT2D eigenvalue weighted by Gasteiger charge is 2.18. The van der Waals surface area contributed by atoms with Crippen molar-refractivity contribution in [1.82, 2.24) is 24.5 Å². The zero-order valence-electron chi connectivity index (χ0n) is 17.2. The van der Waals surface area contributed by atoms with Crippen LogP contribution >= 0.6 is 11.6 Å². The van der Waals surface area contributed by atoms with E-state index in [1.165, 1.54) is 0 Å². The highest BCUT2D eigenvalue weighted by Crippen LogP contribution is 2.32. The van der Waals surface area contributed by atoms with Crippen LogP contribution in [0.3, 0.4) is 0 Å². The Morgan fingerprint density at radius 3 is 2.62 bits per heavy atom. The van der Waals surface area contributed by atoms with Crippen LogP contribution in [0.1, 0.15) is 5.56 Å². The first-order valence-corrected chi connectivity index (χ1v) is 10.5. The second-order valence-electron chi connectivity index (χ2n) is 7.16. The summed E-state index contributed by atoms with van der Waals surface area (Å²) in [6.45, 7) is 0. The summed E-state index contributed by atoms with van der Waals surface area (Å²) in [6.07, 6.45) is 5.08. The summed E-state index contributed by atoms with van der Waals surface area (Å²) in [7, 11) is 1.61. The molecule has 8 heteroatoms. The lowest BCUT2D eigenvalue weighted by Crippen LogP contribution is -2.02. The number of benzene rings is 1. The molecule has 0 aliphatic heterocycles. The Bertz CT molecular complexity index is 1410. The molecule has 0 unspecified atom stereocenters. The third-order valence-corrected chi connectivity index (χ3v) is 5.49. The Balaban J connectivity index is 1.77. The summed E-state index contributed by atoms with van der Waals surface area (Å²) < 4.78 is 7.30. The van der Waals surface area contributed by atoms with Gasteiger partial charge in [-0.05, 0) is 48.0 Å². The van der Waals surface area contributed by atoms with Crippen LogP contribution in [-0.4, -0.2) is 31.6 Å². The number of anilines is 1. The topological polar surface area (TPSA) is 91.7 Å². The number of hydrogen-bond acceptors (Lipinski definition) is 6. The number of hydrogen-bond donors (Lipinski definition) is 1. The van der Waals surface area contributed by atoms with Gasteiger partial charge in [-0.3, -0.25) is 9.55 Å². The Morgan fingerprint density at radius 2 is 1.88 bits per heavy atom. The molecule has 2 N–H and O–H groups in total. The fourth-order valence-electron chi connectivity index (χ4n) is 3.55. The van der Waals surface area contributed by atoms with Gasteiger partial charge in [0.05, 0.1) is 24.6 Å². The maximum atomic E-state index is 6.20. The predicted octanol–water partition coefficient (Wildman–Crippen LogP) is 4.87. The van der Waals surface area contributed by atoms with Crippen molar-refractivity contribution >= 4 is 28.6 Å². The van der Waals surface area contributed by atoms with E-state index in [2.05, 4.69) is 9.97 Å². The summed E-state index contributed by atoms with van der Waals surface area (Å²) >= 11 is 5.99. The highest BCUT2D eigenvalue weighted by molar-refractivity contribution is 6.17. The fourth-order valence-corrected chi connectivity index (χ4v) is 3.73. The molecule has 5 rings (SSSR count). The van der Waals surface area contributed by atoms with Crippen LogP contribution in [0.2, 0.25) is 0 Å². The van der Waals surface area contributed by atoms with Gasteiger partial charge in [0.1, 0.15) is 17.1 Å². The Labute approximate surface area is 189 Å². The van der Waals surface area contributed by atoms with Gasteiger partial charge in [0.25, 0.3) is 0 Å². The molecule has 7 nitrogen and oxygen atoms in total. The number of nitrogen functional groups attached to an aromatic ring is 1. The number of fused-ring (bicyclic) bond motifs is 1. The highest BCUT2D eigenvalue weighted by atomic mass is 35.5. The van der Waals surface area contributed by atoms with Crippen molar-refractivity contribution in [3.05, 3.63) is 78.8 Å². The summed E-state index contributed by atoms with van der Waals surface area (Å²) in [4.78, 5) is 18.3. The van der Waals surface area contributed by atoms with Gasteiger partial charge in [-0.1, -0.05) is 12.1 Å². The second-order valence-corrected chi connectivity index (χ2v) is 7.43. The molecule has 0 spiro atoms. The third kappa shape index (κ3) is 3.52. The van der Waals surface area contributed by atoms with E-state index >= 15 is 0 Å². The quantitative estimate of drug-likeness (QED) is 0.390. The molecular formula is C24H19ClN6O. The Morgan fingerprint density at radius 1 is 1.03 bits per heavy atom. The molecule has 4 heterocycles. The number of rotatable bonds is 5. The summed E-state index contributed by atoms with van der Waals surface area (Å²) in [5.41, 5.74) is 11.9. The molecule has 4 aromatic heterocycles. The fraction of sp³-hybridized carbons (Fsp3) is 0.0833. The van der Waals surface area contributed by atoms with Gasteiger partial charge in [0, 0.05) is 29.5 Å². The monoisotopic (exact) mass is 442 g/mol. The van der Waals surface area contributed by atoms with E-state index in [4.69, 9.17) is 32.0 Å². The Kier molecular flexibility index (Phi) is 5.17. The molecule has 158 valence electrons. The number of nitrogens with two attached hydrogens (primary N) is 1. The van der Waals surface area contributed by atoms with E-state index < -0.39 is 0 Å². The first kappa shape index (κ1) is 20.0. The number of alkyl halides is 1. The molecule has 0 aliphatic rings. The first-order chi connectivity index (χ1) is 15.7. The molecule has 0 aliphatic carbocycles. The second kappa shape index (κ2) is 8.28. The summed E-state index contributed by atoms with van der Waals surface area (Å²) in [5.74, 6) is 2.17. The zero-order chi connectivity index (χ0) is 22.1. The number of imidazole rings is 1. The van der Waals surface area contributed by atoms with E-state index in [1.54, 1.807) is 25.7 Å². The predicted molar refractivity (Wildman–Crippen MR) is 126 cm³/mol. The zero-order valence-corrected chi connectivity index (χ0v) is 18.0. The maximum Gasteiger partial charge on any atom is 0.165 e. The number of aromatic nitrogens is 5. The van der Waals surface area contributed by atoms with E-state index in [9.17, 15) is 0 Å². The Hall–Kier alpha value is -3.97. The smallest absolute Gasteiger partial charge is 0.165 e. The molecular weight excluding hydrogens is 424 g/mol. The van der Waals surface area contributed by atoms with Crippen LogP contribution in [0.15, 0.2) is 73.2 Å². The molecule has 5 aromatic rings. The van der Waals surface area contributed by atoms with Gasteiger partial charge < -0.3 is 10.5 Å². The molecule has 0 amide bonds. The van der Waals surface area contributed by atoms with Crippen molar-refractivity contribution in [2.24, 2.45) is 0 Å². The standard InChI is InChI=1S/C24H19ClN6O/c1-32-18-11-16(13-27-14-18)20-8-9-21-24(29-20)31(17-6-4-15(12-25)5-7-17)23(30-21)19-3-2-10-28-22(19)26/h2-11,13-14H,12H2,1H3,(H2,26,28). The van der Waals surface area contributed by atoms with Crippen molar-refractivity contribution in [1.29, 1.82) is 0 Å². The van der Waals surface area contributed by atoms with Crippen LogP contribution in [0.5, 0.6) is 5.75 Å². The van der Waals surface area contributed by atoms with Crippen molar-refractivity contribution < 1.29 is 4.74 Å². The SMILES string of the molecule is COc1cncc(-c2ccc3nc(-c4cccnc4N)n(-c4ccc(CCl)cc4)c3n2)c1. The molecule has 0 atom stereocenters. The van der Waals surface area contributed by atoms with Gasteiger partial charge >= 0.3 is 0 Å². The number of methoxy groups -OCH3 is 1. The van der Waals surface area contributed by atoms with Gasteiger partial charge in [-0.15, -0.1) is 11.6 Å². The molecule has 0 saturated heterocycles. The van der Waals surface area contributed by atoms with Crippen LogP contribution in [-0.2, 0) is 5.88 Å². The van der Waals surface area contributed by atoms with E-state index in [0.717, 1.165) is 33.6 Å². The molecule has 32 heavy (non-hydrogen) atoms. The summed E-state index contributed by atoms with van der Waals surface area (Å²) in [5, 5.41) is 0. The average Bonchev–Trinajstić information content (AvgIpc) is 3.23. The summed E-state index contributed by atoms with van der Waals surface area (Å²) in [6, 6.07) is 17.5. The van der Waals surface area contributed by atoms with Gasteiger partial charge in [-0.25, -0.2) is 15.0 Å². The number of nitrogens with zero attached hydrogens (tertiary/aromatic N) is 5. The minimum atomic E-state index is 0.402. The molecule has 0 bridgehead atoms. The van der Waals surface area contributed by atoms with Crippen molar-refractivity contribution in [3.8, 4) is 34.1 Å². The van der Waals surface area contributed by atoms with E-state index in [1.807, 2.05) is 59.2 Å². The molecule has 1 aromatic carbocycles. The number of halogens is 1. The lowest BCUT2D eigenvalue weighted by Gasteiger charge is -2.11. The van der Waals surface area contributed by atoms with Crippen LogP contribution in [0.4, 0.5) is 5.82 Å². The number of pyridine rings is 3. The van der Waals surface area contributed by atoms with Crippen LogP contribution in [0, 0.1) is 0 Å². The molecule has 0 saturated carbocycles. The minimum Gasteiger partial charge on any atom is -0.495 e. The third-order valence-electron chi connectivity index (χ3n) is 5.18. The van der Waals surface area contributed by atoms with Gasteiger partial charge in [0.15, 0.2) is 11.5 Å². The lowest BCUT2D eigenvalue weighted by molar-refractivity contribution is 0.413. The van der Waals surface area contributed by atoms with Crippen LogP contribution < -0.4 is 10.5 Å². The minimum absolute atomic E-state index is 0.402. The average molecular weight is 443 g/mol. The number of ether oxygens (including phenoxy) is 1. The van der Waals surface area contributed by atoms with Gasteiger partial charge in [-0.2, -0.15) is 0 Å². The van der Waals surface area contributed by atoms with Crippen molar-refractivity contribution in [3.63, 3.8) is 0 Å². The van der Waals surface area contributed by atoms with Crippen molar-refractivity contribution in [2.75, 3.05) is 12.8 Å². The van der Waals surface area contributed by atoms with E-state index in [-0.39, 0.29) is 0 Å². The van der Waals surface area contributed by atoms with Crippen molar-refractivity contribution in [2.45, 2.75) is 5.88 Å². The van der Waals surface area contributed by atoms with E-state index in [0.29, 0.717) is 28.9 Å². The first-order valence-electron chi connectivity index (χ1n) is 9.93. The van der Waals surface area contributed by atoms with Gasteiger partial charge in [0.2, 0.25) is 0 Å². The maximum absolute atomic E-state index is 6.20. The lowest BCUT2D eigenvalue weighted by atomic mass is 10.2. The largest absolute Gasteiger partial charge is 0.495 e. The normalized spacial score (nSPS) is 11.1. The van der Waals surface area contributed by atoms with Crippen LogP contribution in [0.25, 0.3) is 39.5 Å².